The molecule has 0 aliphatic carbocycles. The summed E-state index contributed by atoms with van der Waals surface area (Å²) in [5.41, 5.74) is 11.3. The summed E-state index contributed by atoms with van der Waals surface area (Å²) in [5.74, 6) is 0. The molecule has 244 valence electrons. The van der Waals surface area contributed by atoms with E-state index in [0.29, 0.717) is 0 Å². The van der Waals surface area contributed by atoms with Crippen LogP contribution >= 0.6 is 0 Å². The van der Waals surface area contributed by atoms with Gasteiger partial charge in [0.25, 0.3) is 0 Å². The first-order valence-electron chi connectivity index (χ1n) is 15.4. The van der Waals surface area contributed by atoms with E-state index in [-0.39, 0.29) is 53.8 Å². The molecule has 43 heavy (non-hydrogen) atoms. The number of hydrogen-bond donors (Lipinski definition) is 0. The summed E-state index contributed by atoms with van der Waals surface area (Å²) in [4.78, 5) is 0. The van der Waals surface area contributed by atoms with E-state index in [0.717, 1.165) is 44.9 Å². The third-order valence-electron chi connectivity index (χ3n) is 6.84. The van der Waals surface area contributed by atoms with Gasteiger partial charge in [-0.25, -0.2) is 0 Å². The van der Waals surface area contributed by atoms with Crippen molar-refractivity contribution >= 4 is 0 Å². The van der Waals surface area contributed by atoms with E-state index < -0.39 is 0 Å². The minimum Gasteiger partial charge on any atom is -0.358 e. The van der Waals surface area contributed by atoms with Gasteiger partial charge in [-0.15, -0.1) is 0 Å². The fourth-order valence-corrected chi connectivity index (χ4v) is 4.19. The van der Waals surface area contributed by atoms with E-state index in [2.05, 4.69) is 125 Å². The molecule has 0 saturated heterocycles. The second-order valence-electron chi connectivity index (χ2n) is 9.36. The quantitative estimate of drug-likeness (QED) is 0.118. The monoisotopic (exact) mass is 758 g/mol. The molecule has 0 amide bonds. The molecule has 0 atom stereocenters. The topological polar surface area (TPSA) is 0 Å². The predicted molar refractivity (Wildman–Crippen MR) is 189 cm³/mol. The fourth-order valence-electron chi connectivity index (χ4n) is 4.19. The van der Waals surface area contributed by atoms with E-state index >= 15 is 0 Å². The first-order chi connectivity index (χ1) is 19.1. The molecule has 0 spiro atoms. The Labute approximate surface area is 294 Å². The Hall–Kier alpha value is -1.87. The Bertz CT molecular complexity index is 1020. The van der Waals surface area contributed by atoms with Crippen molar-refractivity contribution in [2.75, 3.05) is 0 Å². The van der Waals surface area contributed by atoms with Crippen LogP contribution < -0.4 is 0 Å². The standard InChI is InChI=1S/C18H22.C17H20.2C2H6.2CH3.2Rh/c1-3-15-5-9-17(10-6-15)13-14-18-11-7-16(4-2)8-12-18;1-3-14-5-9-16(10-6-14)13-17-11-7-15(4-2)8-12-17;2*1-2;;;;/h5-12H,3-4,13-14H2,1-2H3;5-12H,3-4,13H2,1-2H3;2*1-2H3;2*1H3;;/q;;;;2*-1;;. The molecule has 0 fully saturated rings. The number of rotatable bonds is 9. The molecule has 0 bridgehead atoms. The second-order valence-corrected chi connectivity index (χ2v) is 9.36. The molecule has 2 radical (unpaired) electrons. The summed E-state index contributed by atoms with van der Waals surface area (Å²) >= 11 is 0. The Balaban J connectivity index is -0.000000293. The Morgan fingerprint density at radius 1 is 0.302 bits per heavy atom. The molecular weight excluding hydrogens is 698 g/mol. The van der Waals surface area contributed by atoms with Crippen molar-refractivity contribution in [3.63, 3.8) is 0 Å². The van der Waals surface area contributed by atoms with Crippen LogP contribution in [0.5, 0.6) is 0 Å². The maximum atomic E-state index is 2.26. The third-order valence-corrected chi connectivity index (χ3v) is 6.84. The number of aryl methyl sites for hydroxylation is 6. The molecule has 2 heteroatoms. The summed E-state index contributed by atoms with van der Waals surface area (Å²) in [6.07, 6.45) is 7.79. The van der Waals surface area contributed by atoms with Crippen LogP contribution in [-0.2, 0) is 83.9 Å². The molecule has 4 aromatic rings. The van der Waals surface area contributed by atoms with Crippen LogP contribution in [0.3, 0.4) is 0 Å². The summed E-state index contributed by atoms with van der Waals surface area (Å²) < 4.78 is 0. The van der Waals surface area contributed by atoms with E-state index in [1.165, 1.54) is 44.5 Å². The molecule has 0 saturated carbocycles. The first-order valence-corrected chi connectivity index (χ1v) is 15.4. The van der Waals surface area contributed by atoms with Crippen LogP contribution in [0.25, 0.3) is 0 Å². The van der Waals surface area contributed by atoms with Crippen LogP contribution in [-0.4, -0.2) is 0 Å². The van der Waals surface area contributed by atoms with E-state index in [1.54, 1.807) is 0 Å². The van der Waals surface area contributed by atoms with Gasteiger partial charge < -0.3 is 14.9 Å². The van der Waals surface area contributed by atoms with Crippen molar-refractivity contribution in [2.24, 2.45) is 0 Å². The fraction of sp³-hybridized carbons (Fsp3) is 0.366. The minimum atomic E-state index is 0. The molecule has 0 heterocycles. The summed E-state index contributed by atoms with van der Waals surface area (Å²) in [5, 5.41) is 0. The van der Waals surface area contributed by atoms with E-state index in [4.69, 9.17) is 0 Å². The molecule has 0 unspecified atom stereocenters. The second kappa shape index (κ2) is 30.2. The average Bonchev–Trinajstić information content (AvgIpc) is 3.03. The van der Waals surface area contributed by atoms with Crippen molar-refractivity contribution < 1.29 is 39.0 Å². The summed E-state index contributed by atoms with van der Waals surface area (Å²) in [6, 6.07) is 35.9. The zero-order chi connectivity index (χ0) is 28.9. The molecule has 4 rings (SSSR count). The van der Waals surface area contributed by atoms with Gasteiger partial charge in [-0.3, -0.25) is 0 Å². The van der Waals surface area contributed by atoms with E-state index in [9.17, 15) is 0 Å². The zero-order valence-corrected chi connectivity index (χ0v) is 32.1. The summed E-state index contributed by atoms with van der Waals surface area (Å²) in [6.45, 7) is 16.8. The largest absolute Gasteiger partial charge is 0.358 e. The van der Waals surface area contributed by atoms with Crippen molar-refractivity contribution in [1.29, 1.82) is 0 Å². The maximum Gasteiger partial charge on any atom is 0 e. The van der Waals surface area contributed by atoms with Crippen molar-refractivity contribution in [3.05, 3.63) is 156 Å². The van der Waals surface area contributed by atoms with Crippen LogP contribution in [0, 0.1) is 14.9 Å². The minimum absolute atomic E-state index is 0. The third kappa shape index (κ3) is 19.2. The summed E-state index contributed by atoms with van der Waals surface area (Å²) in [7, 11) is 0. The van der Waals surface area contributed by atoms with Crippen molar-refractivity contribution in [1.82, 2.24) is 0 Å². The van der Waals surface area contributed by atoms with Gasteiger partial charge >= 0.3 is 0 Å². The van der Waals surface area contributed by atoms with Gasteiger partial charge in [0.05, 0.1) is 0 Å². The van der Waals surface area contributed by atoms with Crippen molar-refractivity contribution in [2.45, 2.75) is 100 Å². The van der Waals surface area contributed by atoms with Gasteiger partial charge in [0, 0.05) is 39.0 Å². The molecule has 0 N–H and O–H groups in total. The van der Waals surface area contributed by atoms with Crippen LogP contribution in [0.1, 0.15) is 99.9 Å². The molecule has 0 aromatic heterocycles. The maximum absolute atomic E-state index is 2.26. The van der Waals surface area contributed by atoms with Crippen LogP contribution in [0.2, 0.25) is 0 Å². The zero-order valence-electron chi connectivity index (χ0n) is 28.9. The van der Waals surface area contributed by atoms with Gasteiger partial charge in [0.15, 0.2) is 0 Å². The van der Waals surface area contributed by atoms with E-state index in [1.807, 2.05) is 27.7 Å². The number of hydrogen-bond acceptors (Lipinski definition) is 0. The van der Waals surface area contributed by atoms with Crippen LogP contribution in [0.15, 0.2) is 97.1 Å². The predicted octanol–water partition coefficient (Wildman–Crippen LogP) is 11.9. The molecule has 0 aliphatic rings. The van der Waals surface area contributed by atoms with Crippen LogP contribution in [0.4, 0.5) is 0 Å². The molecule has 4 aromatic carbocycles. The van der Waals surface area contributed by atoms with Gasteiger partial charge in [0.2, 0.25) is 0 Å². The SMILES string of the molecule is CC.CC.CCc1ccc(CCc2ccc(CC)cc2)cc1.CCc1ccc(Cc2ccc(CC)cc2)cc1.[CH3-].[CH3-].[Rh].[Rh]. The van der Waals surface area contributed by atoms with Gasteiger partial charge in [-0.05, 0) is 89.5 Å². The molecule has 0 aliphatic heterocycles. The van der Waals surface area contributed by atoms with Gasteiger partial charge in [-0.2, -0.15) is 0 Å². The van der Waals surface area contributed by atoms with Gasteiger partial charge in [0.1, 0.15) is 0 Å². The Kier molecular flexibility index (Phi) is 33.7. The Morgan fingerprint density at radius 3 is 0.651 bits per heavy atom. The van der Waals surface area contributed by atoms with Gasteiger partial charge in [-0.1, -0.05) is 152 Å². The number of benzene rings is 4. The Morgan fingerprint density at radius 2 is 0.465 bits per heavy atom. The normalized spacial score (nSPS) is 8.84. The molecule has 0 nitrogen and oxygen atoms in total. The molecular formula is C41H60Rh2-2. The van der Waals surface area contributed by atoms with Crippen molar-refractivity contribution in [3.8, 4) is 0 Å². The average molecular weight is 759 g/mol. The smallest absolute Gasteiger partial charge is 0 e. The first kappa shape index (κ1) is 48.0.